The van der Waals surface area contributed by atoms with Crippen LogP contribution in [0, 0.1) is 13.8 Å². The molecular formula is C20H25ClN2O3. The van der Waals surface area contributed by atoms with Crippen molar-refractivity contribution < 1.29 is 14.3 Å². The molecule has 0 radical (unpaired) electrons. The Bertz CT molecular complexity index is 842. The molecule has 1 aromatic carbocycles. The summed E-state index contributed by atoms with van der Waals surface area (Å²) in [4.78, 5) is 29.8. The van der Waals surface area contributed by atoms with Gasteiger partial charge >= 0.3 is 0 Å². The number of carbonyl (C=O) groups is 2. The van der Waals surface area contributed by atoms with Crippen LogP contribution in [0.25, 0.3) is 0 Å². The van der Waals surface area contributed by atoms with Crippen LogP contribution < -0.4 is 4.74 Å². The zero-order valence-corrected chi connectivity index (χ0v) is 16.8. The summed E-state index contributed by atoms with van der Waals surface area (Å²) in [6, 6.07) is 5.05. The molecule has 0 aliphatic heterocycles. The molecule has 5 nitrogen and oxygen atoms in total. The van der Waals surface area contributed by atoms with Crippen molar-refractivity contribution in [2.24, 2.45) is 0 Å². The summed E-state index contributed by atoms with van der Waals surface area (Å²) in [6.07, 6.45) is 0. The lowest BCUT2D eigenvalue weighted by molar-refractivity contribution is 0.0856. The number of halogens is 1. The van der Waals surface area contributed by atoms with Crippen LogP contribution >= 0.6 is 11.6 Å². The second-order valence-corrected chi connectivity index (χ2v) is 7.03. The number of ether oxygens (including phenoxy) is 1. The van der Waals surface area contributed by atoms with Gasteiger partial charge in [-0.1, -0.05) is 11.6 Å². The van der Waals surface area contributed by atoms with Crippen LogP contribution in [-0.2, 0) is 6.54 Å². The average Bonchev–Trinajstić information content (AvgIpc) is 2.88. The van der Waals surface area contributed by atoms with Gasteiger partial charge in [0.2, 0.25) is 0 Å². The van der Waals surface area contributed by atoms with Crippen LogP contribution in [0.3, 0.4) is 0 Å². The van der Waals surface area contributed by atoms with E-state index in [0.717, 1.165) is 17.0 Å². The second kappa shape index (κ2) is 8.06. The summed E-state index contributed by atoms with van der Waals surface area (Å²) in [7, 11) is 3.48. The number of rotatable bonds is 7. The van der Waals surface area contributed by atoms with Gasteiger partial charge in [-0.05, 0) is 58.5 Å². The van der Waals surface area contributed by atoms with E-state index < -0.39 is 0 Å². The number of aromatic nitrogens is 1. The van der Waals surface area contributed by atoms with Crippen molar-refractivity contribution in [1.82, 2.24) is 9.88 Å². The fourth-order valence-corrected chi connectivity index (χ4v) is 3.40. The van der Waals surface area contributed by atoms with Gasteiger partial charge < -0.3 is 9.72 Å². The number of aryl methyl sites for hydroxylation is 1. The van der Waals surface area contributed by atoms with Crippen molar-refractivity contribution in [3.05, 3.63) is 51.3 Å². The van der Waals surface area contributed by atoms with E-state index in [0.29, 0.717) is 28.4 Å². The topological polar surface area (TPSA) is 62.4 Å². The molecule has 1 aromatic heterocycles. The minimum absolute atomic E-state index is 0.0417. The molecule has 0 aliphatic rings. The summed E-state index contributed by atoms with van der Waals surface area (Å²) in [5.74, 6) is 0.633. The summed E-state index contributed by atoms with van der Waals surface area (Å²) in [6.45, 7) is 7.49. The third-order valence-electron chi connectivity index (χ3n) is 4.74. The Morgan fingerprint density at radius 3 is 2.50 bits per heavy atom. The number of hydrogen-bond acceptors (Lipinski definition) is 4. The Hall–Kier alpha value is -2.11. The Labute approximate surface area is 159 Å². The first-order valence-corrected chi connectivity index (χ1v) is 8.82. The largest absolute Gasteiger partial charge is 0.496 e. The number of nitrogens with one attached hydrogen (secondary N) is 1. The third-order valence-corrected chi connectivity index (χ3v) is 4.97. The Balaban J connectivity index is 2.25. The zero-order chi connectivity index (χ0) is 19.6. The molecule has 0 spiro atoms. The van der Waals surface area contributed by atoms with E-state index in [-0.39, 0.29) is 17.6 Å². The Kier molecular flexibility index (Phi) is 6.26. The molecule has 1 heterocycles. The number of H-pyrrole nitrogens is 1. The van der Waals surface area contributed by atoms with E-state index in [9.17, 15) is 9.59 Å². The molecule has 140 valence electrons. The fourth-order valence-electron chi connectivity index (χ4n) is 3.21. The highest BCUT2D eigenvalue weighted by Crippen LogP contribution is 2.25. The van der Waals surface area contributed by atoms with Gasteiger partial charge in [0.25, 0.3) is 0 Å². The molecule has 6 heteroatoms. The van der Waals surface area contributed by atoms with Gasteiger partial charge in [-0.2, -0.15) is 0 Å². The number of hydrogen-bond donors (Lipinski definition) is 1. The first-order valence-electron chi connectivity index (χ1n) is 8.44. The zero-order valence-electron chi connectivity index (χ0n) is 16.1. The summed E-state index contributed by atoms with van der Waals surface area (Å²) in [5.41, 5.74) is 3.43. The van der Waals surface area contributed by atoms with E-state index in [1.807, 2.05) is 37.9 Å². The van der Waals surface area contributed by atoms with E-state index >= 15 is 0 Å². The molecule has 0 fully saturated rings. The van der Waals surface area contributed by atoms with Gasteiger partial charge in [0.15, 0.2) is 11.6 Å². The number of nitrogens with zero attached hydrogens (tertiary/aromatic N) is 1. The van der Waals surface area contributed by atoms with Crippen molar-refractivity contribution in [3.63, 3.8) is 0 Å². The van der Waals surface area contributed by atoms with Crippen molar-refractivity contribution in [3.8, 4) is 5.75 Å². The predicted octanol–water partition coefficient (Wildman–Crippen LogP) is 4.20. The number of carbonyl (C=O) groups excluding carboxylic acids is 2. The number of ketones is 2. The van der Waals surface area contributed by atoms with Crippen LogP contribution in [0.2, 0.25) is 5.02 Å². The molecule has 0 amide bonds. The Morgan fingerprint density at radius 2 is 1.96 bits per heavy atom. The summed E-state index contributed by atoms with van der Waals surface area (Å²) >= 11 is 6.09. The lowest BCUT2D eigenvalue weighted by atomic mass is 10.0. The highest BCUT2D eigenvalue weighted by Gasteiger charge is 2.26. The van der Waals surface area contributed by atoms with E-state index in [4.69, 9.17) is 16.3 Å². The second-order valence-electron chi connectivity index (χ2n) is 6.59. The SMILES string of the molecule is COc1ccc(Cl)cc1CN(C)[C@@H](C)C(=O)c1[nH]c(C)c(C(C)=O)c1C. The van der Waals surface area contributed by atoms with Gasteiger partial charge in [-0.25, -0.2) is 0 Å². The van der Waals surface area contributed by atoms with Gasteiger partial charge in [0, 0.05) is 28.4 Å². The van der Waals surface area contributed by atoms with Crippen molar-refractivity contribution in [2.75, 3.05) is 14.2 Å². The van der Waals surface area contributed by atoms with Crippen LogP contribution in [0.4, 0.5) is 0 Å². The smallest absolute Gasteiger partial charge is 0.196 e. The standard InChI is InChI=1S/C20H25ClN2O3/c1-11-18(14(4)24)12(2)22-19(11)20(25)13(3)23(5)10-15-9-16(21)7-8-17(15)26-6/h7-9,13,22H,10H2,1-6H3/t13-/m0/s1. The number of likely N-dealkylation sites (N-methyl/N-ethyl adjacent to an activating group) is 1. The summed E-state index contributed by atoms with van der Waals surface area (Å²) < 4.78 is 5.38. The maximum absolute atomic E-state index is 13.0. The minimum atomic E-state index is -0.379. The number of aromatic amines is 1. The van der Waals surface area contributed by atoms with Gasteiger partial charge in [0.1, 0.15) is 5.75 Å². The number of Topliss-reactive ketones (excluding diaryl/α,β-unsaturated/α-hetero) is 2. The molecule has 0 saturated heterocycles. The number of benzene rings is 1. The molecule has 2 aromatic rings. The van der Waals surface area contributed by atoms with E-state index in [1.165, 1.54) is 6.92 Å². The molecule has 26 heavy (non-hydrogen) atoms. The molecule has 0 unspecified atom stereocenters. The highest BCUT2D eigenvalue weighted by molar-refractivity contribution is 6.30. The minimum Gasteiger partial charge on any atom is -0.496 e. The molecule has 0 saturated carbocycles. The molecule has 1 atom stereocenters. The van der Waals surface area contributed by atoms with Crippen LogP contribution in [0.5, 0.6) is 5.75 Å². The first kappa shape index (κ1) is 20.2. The van der Waals surface area contributed by atoms with E-state index in [2.05, 4.69) is 4.98 Å². The lowest BCUT2D eigenvalue weighted by Crippen LogP contribution is -2.36. The monoisotopic (exact) mass is 376 g/mol. The molecule has 2 rings (SSSR count). The van der Waals surface area contributed by atoms with E-state index in [1.54, 1.807) is 20.1 Å². The third kappa shape index (κ3) is 4.00. The predicted molar refractivity (Wildman–Crippen MR) is 104 cm³/mol. The normalized spacial score (nSPS) is 12.3. The first-order chi connectivity index (χ1) is 12.2. The maximum Gasteiger partial charge on any atom is 0.196 e. The lowest BCUT2D eigenvalue weighted by Gasteiger charge is -2.24. The van der Waals surface area contributed by atoms with Crippen molar-refractivity contribution in [2.45, 2.75) is 40.3 Å². The van der Waals surface area contributed by atoms with Crippen molar-refractivity contribution in [1.29, 1.82) is 0 Å². The summed E-state index contributed by atoms with van der Waals surface area (Å²) in [5, 5.41) is 0.620. The number of methoxy groups -OCH3 is 1. The molecule has 0 bridgehead atoms. The Morgan fingerprint density at radius 1 is 1.31 bits per heavy atom. The maximum atomic E-state index is 13.0. The highest BCUT2D eigenvalue weighted by atomic mass is 35.5. The molecular weight excluding hydrogens is 352 g/mol. The average molecular weight is 377 g/mol. The van der Waals surface area contributed by atoms with Crippen LogP contribution in [0.1, 0.15) is 51.5 Å². The van der Waals surface area contributed by atoms with Crippen molar-refractivity contribution >= 4 is 23.2 Å². The van der Waals surface area contributed by atoms with Gasteiger partial charge in [0.05, 0.1) is 18.8 Å². The quantitative estimate of drug-likeness (QED) is 0.735. The fraction of sp³-hybridized carbons (Fsp3) is 0.400. The molecule has 0 aliphatic carbocycles. The van der Waals surface area contributed by atoms with Crippen LogP contribution in [0.15, 0.2) is 18.2 Å². The van der Waals surface area contributed by atoms with Crippen LogP contribution in [-0.4, -0.2) is 41.6 Å². The molecule has 1 N–H and O–H groups in total. The van der Waals surface area contributed by atoms with Gasteiger partial charge in [-0.15, -0.1) is 0 Å². The van der Waals surface area contributed by atoms with Gasteiger partial charge in [-0.3, -0.25) is 14.5 Å².